The molecule has 1 heterocycles. The molecule has 110 valence electrons. The molecule has 1 aromatic rings. The Labute approximate surface area is 128 Å². The van der Waals surface area contributed by atoms with E-state index >= 15 is 0 Å². The molecule has 1 aromatic carbocycles. The van der Waals surface area contributed by atoms with Gasteiger partial charge in [0.15, 0.2) is 0 Å². The smallest absolute Gasteiger partial charge is 0.258 e. The molecule has 2 rings (SSSR count). The van der Waals surface area contributed by atoms with Crippen LogP contribution in [0.4, 0.5) is 0 Å². The Bertz CT molecular complexity index is 645. The number of fused-ring (bicyclic) bond motifs is 1. The zero-order valence-corrected chi connectivity index (χ0v) is 14.2. The number of nitrogens with zero attached hydrogens (tertiary/aromatic N) is 1. The number of hydrogen-bond acceptors (Lipinski definition) is 3. The summed E-state index contributed by atoms with van der Waals surface area (Å²) in [5.41, 5.74) is 2.99. The van der Waals surface area contributed by atoms with Crippen LogP contribution in [0, 0.1) is 0 Å². The first-order valence-corrected chi connectivity index (χ1v) is 8.63. The van der Waals surface area contributed by atoms with Gasteiger partial charge in [-0.15, -0.1) is 0 Å². The predicted molar refractivity (Wildman–Crippen MR) is 83.8 cm³/mol. The van der Waals surface area contributed by atoms with Crippen LogP contribution < -0.4 is 0 Å². The molecule has 0 amide bonds. The summed E-state index contributed by atoms with van der Waals surface area (Å²) >= 11 is 3.45. The summed E-state index contributed by atoms with van der Waals surface area (Å²) in [5, 5.41) is 0. The first-order chi connectivity index (χ1) is 9.21. The highest BCUT2D eigenvalue weighted by Gasteiger charge is 2.28. The summed E-state index contributed by atoms with van der Waals surface area (Å²) in [6.45, 7) is 6.11. The molecule has 1 aliphatic rings. The van der Waals surface area contributed by atoms with Gasteiger partial charge in [0.1, 0.15) is 0 Å². The zero-order valence-electron chi connectivity index (χ0n) is 11.8. The number of hydrogen-bond donors (Lipinski definition) is 0. The maximum absolute atomic E-state index is 12.0. The lowest BCUT2D eigenvalue weighted by molar-refractivity contribution is 0.110. The summed E-state index contributed by atoms with van der Waals surface area (Å²) in [6.07, 6.45) is 2.26. The third kappa shape index (κ3) is 3.30. The number of sulfonamides is 1. The average molecular weight is 360 g/mol. The normalized spacial score (nSPS) is 16.4. The van der Waals surface area contributed by atoms with E-state index in [-0.39, 0.29) is 0 Å². The summed E-state index contributed by atoms with van der Waals surface area (Å²) in [6, 6.07) is 3.92. The summed E-state index contributed by atoms with van der Waals surface area (Å²) in [7, 11) is -3.52. The van der Waals surface area contributed by atoms with Gasteiger partial charge < -0.3 is 4.74 Å². The quantitative estimate of drug-likeness (QED) is 0.762. The Kier molecular flexibility index (Phi) is 4.37. The lowest BCUT2D eigenvalue weighted by Gasteiger charge is -2.19. The molecular formula is C14H18BrNO3S. The molecule has 0 N–H and O–H groups in total. The molecule has 0 bridgehead atoms. The largest absolute Gasteiger partial charge is 0.376 e. The van der Waals surface area contributed by atoms with Gasteiger partial charge in [0, 0.05) is 16.3 Å². The van der Waals surface area contributed by atoms with Crippen molar-refractivity contribution < 1.29 is 13.2 Å². The minimum Gasteiger partial charge on any atom is -0.376 e. The molecule has 4 nitrogen and oxygen atoms in total. The van der Waals surface area contributed by atoms with Gasteiger partial charge in [-0.1, -0.05) is 15.9 Å². The van der Waals surface area contributed by atoms with Crippen molar-refractivity contribution in [3.63, 3.8) is 0 Å². The van der Waals surface area contributed by atoms with Crippen molar-refractivity contribution in [2.45, 2.75) is 38.5 Å². The van der Waals surface area contributed by atoms with Crippen molar-refractivity contribution in [2.75, 3.05) is 6.61 Å². The molecule has 0 spiro atoms. The van der Waals surface area contributed by atoms with Crippen LogP contribution in [0.5, 0.6) is 0 Å². The first-order valence-electron chi connectivity index (χ1n) is 6.40. The van der Waals surface area contributed by atoms with Gasteiger partial charge in [0.25, 0.3) is 10.0 Å². The van der Waals surface area contributed by atoms with Crippen LogP contribution in [0.15, 0.2) is 21.0 Å². The Morgan fingerprint density at radius 3 is 2.70 bits per heavy atom. The number of rotatable bonds is 2. The lowest BCUT2D eigenvalue weighted by Crippen LogP contribution is -2.26. The number of ether oxygens (including phenoxy) is 1. The molecule has 0 aromatic heterocycles. The van der Waals surface area contributed by atoms with Crippen LogP contribution in [0.3, 0.4) is 0 Å². The van der Waals surface area contributed by atoms with Crippen LogP contribution in [-0.2, 0) is 27.8 Å². The van der Waals surface area contributed by atoms with Crippen molar-refractivity contribution in [2.24, 2.45) is 4.40 Å². The molecule has 1 aliphatic heterocycles. The van der Waals surface area contributed by atoms with Crippen LogP contribution in [0.25, 0.3) is 0 Å². The van der Waals surface area contributed by atoms with Crippen molar-refractivity contribution in [3.8, 4) is 0 Å². The molecule has 0 radical (unpaired) electrons. The monoisotopic (exact) mass is 359 g/mol. The van der Waals surface area contributed by atoms with E-state index in [9.17, 15) is 8.42 Å². The fourth-order valence-electron chi connectivity index (χ4n) is 1.87. The summed E-state index contributed by atoms with van der Waals surface area (Å²) in [4.78, 5) is 0. The highest BCUT2D eigenvalue weighted by molar-refractivity contribution is 9.10. The second-order valence-electron chi connectivity index (χ2n) is 5.76. The van der Waals surface area contributed by atoms with Gasteiger partial charge in [0.2, 0.25) is 0 Å². The number of halogens is 1. The minimum absolute atomic E-state index is 0.500. The van der Waals surface area contributed by atoms with E-state index in [0.717, 1.165) is 22.0 Å². The zero-order chi connectivity index (χ0) is 15.0. The van der Waals surface area contributed by atoms with E-state index in [0.29, 0.717) is 13.2 Å². The third-order valence-corrected chi connectivity index (χ3v) is 5.60. The SMILES string of the molecule is CC(C)(C)S(=O)(=O)N=Cc1cc(Br)cc2c1COCC2. The Balaban J connectivity index is 2.42. The second-order valence-corrected chi connectivity index (χ2v) is 9.06. The summed E-state index contributed by atoms with van der Waals surface area (Å²) in [5.74, 6) is 0. The van der Waals surface area contributed by atoms with Gasteiger partial charge >= 0.3 is 0 Å². The highest BCUT2D eigenvalue weighted by atomic mass is 79.9. The fraction of sp³-hybridized carbons (Fsp3) is 0.500. The fourth-order valence-corrected chi connectivity index (χ4v) is 2.96. The van der Waals surface area contributed by atoms with E-state index in [1.807, 2.05) is 12.1 Å². The van der Waals surface area contributed by atoms with Gasteiger partial charge in [-0.3, -0.25) is 0 Å². The number of benzene rings is 1. The topological polar surface area (TPSA) is 55.7 Å². The molecule has 6 heteroatoms. The molecule has 0 saturated heterocycles. The van der Waals surface area contributed by atoms with E-state index in [1.54, 1.807) is 20.8 Å². The standard InChI is InChI=1S/C14H18BrNO3S/c1-14(2,3)20(17,18)16-8-11-7-12(15)6-10-4-5-19-9-13(10)11/h6-8H,4-5,9H2,1-3H3. The van der Waals surface area contributed by atoms with Gasteiger partial charge in [-0.05, 0) is 50.5 Å². The van der Waals surface area contributed by atoms with Crippen LogP contribution in [0.2, 0.25) is 0 Å². The van der Waals surface area contributed by atoms with Crippen molar-refractivity contribution in [1.82, 2.24) is 0 Å². The summed E-state index contributed by atoms with van der Waals surface area (Å²) < 4.78 is 33.4. The lowest BCUT2D eigenvalue weighted by atomic mass is 9.98. The van der Waals surface area contributed by atoms with E-state index in [4.69, 9.17) is 4.74 Å². The van der Waals surface area contributed by atoms with E-state index in [1.165, 1.54) is 11.8 Å². The first kappa shape index (κ1) is 15.7. The Morgan fingerprint density at radius 2 is 2.05 bits per heavy atom. The van der Waals surface area contributed by atoms with Crippen LogP contribution in [0.1, 0.15) is 37.5 Å². The van der Waals surface area contributed by atoms with Gasteiger partial charge in [-0.25, -0.2) is 8.42 Å². The molecule has 20 heavy (non-hydrogen) atoms. The molecule has 0 fully saturated rings. The van der Waals surface area contributed by atoms with Gasteiger partial charge in [0.05, 0.1) is 18.0 Å². The van der Waals surface area contributed by atoms with Crippen molar-refractivity contribution >= 4 is 32.2 Å². The van der Waals surface area contributed by atoms with Crippen LogP contribution in [-0.4, -0.2) is 26.0 Å². The molecule has 0 saturated carbocycles. The van der Waals surface area contributed by atoms with Gasteiger partial charge in [-0.2, -0.15) is 4.40 Å². The Morgan fingerprint density at radius 1 is 1.35 bits per heavy atom. The maximum atomic E-state index is 12.0. The third-order valence-electron chi connectivity index (χ3n) is 3.21. The molecule has 0 aliphatic carbocycles. The molecule has 0 unspecified atom stereocenters. The van der Waals surface area contributed by atoms with Crippen molar-refractivity contribution in [1.29, 1.82) is 0 Å². The minimum atomic E-state index is -3.52. The van der Waals surface area contributed by atoms with E-state index < -0.39 is 14.8 Å². The Hall–Kier alpha value is -0.720. The van der Waals surface area contributed by atoms with Crippen LogP contribution >= 0.6 is 15.9 Å². The maximum Gasteiger partial charge on any atom is 0.258 e. The second kappa shape index (κ2) is 5.58. The highest BCUT2D eigenvalue weighted by Crippen LogP contribution is 2.25. The average Bonchev–Trinajstić information content (AvgIpc) is 2.34. The predicted octanol–water partition coefficient (Wildman–Crippen LogP) is 3.07. The van der Waals surface area contributed by atoms with Crippen molar-refractivity contribution in [3.05, 3.63) is 33.3 Å². The molecule has 0 atom stereocenters. The van der Waals surface area contributed by atoms with E-state index in [2.05, 4.69) is 20.3 Å². The molecular weight excluding hydrogens is 342 g/mol.